The summed E-state index contributed by atoms with van der Waals surface area (Å²) in [6.07, 6.45) is 7.35. The van der Waals surface area contributed by atoms with Crippen LogP contribution in [0.2, 0.25) is 0 Å². The van der Waals surface area contributed by atoms with Gasteiger partial charge in [0.15, 0.2) is 0 Å². The fourth-order valence-electron chi connectivity index (χ4n) is 1.95. The minimum Gasteiger partial charge on any atom is -0.393 e. The highest BCUT2D eigenvalue weighted by molar-refractivity contribution is 4.81. The average Bonchev–Trinajstić information content (AvgIpc) is 2.80. The Bertz CT molecular complexity index is 135. The van der Waals surface area contributed by atoms with Crippen LogP contribution in [0.3, 0.4) is 0 Å². The van der Waals surface area contributed by atoms with Gasteiger partial charge in [-0.3, -0.25) is 0 Å². The first-order chi connectivity index (χ1) is 5.86. The molecule has 0 aromatic rings. The number of aliphatic hydroxyl groups is 1. The Morgan fingerprint density at radius 2 is 2.17 bits per heavy atom. The molecule has 2 nitrogen and oxygen atoms in total. The summed E-state index contributed by atoms with van der Waals surface area (Å²) < 4.78 is 5.49. The number of aliphatic hydroxyl groups excluding tert-OH is 1. The molecule has 0 bridgehead atoms. The minimum atomic E-state index is -0.0331. The maximum atomic E-state index is 9.59. The maximum absolute atomic E-state index is 9.59. The first-order valence-electron chi connectivity index (χ1n) is 5.16. The van der Waals surface area contributed by atoms with Gasteiger partial charge in [0.25, 0.3) is 0 Å². The molecule has 12 heavy (non-hydrogen) atoms. The molecular formula is C10H18O2. The Hall–Kier alpha value is -0.0800. The molecule has 0 spiro atoms. The molecule has 0 aromatic heterocycles. The van der Waals surface area contributed by atoms with Crippen molar-refractivity contribution in [3.8, 4) is 0 Å². The van der Waals surface area contributed by atoms with Crippen molar-refractivity contribution >= 4 is 0 Å². The quantitative estimate of drug-likeness (QED) is 0.696. The summed E-state index contributed by atoms with van der Waals surface area (Å²) in [4.78, 5) is 0. The van der Waals surface area contributed by atoms with E-state index in [1.165, 1.54) is 25.7 Å². The standard InChI is InChI=1S/C10H18O2/c11-10(8-3-4-8)6-5-9-2-1-7-12-9/h8-11H,1-7H2. The van der Waals surface area contributed by atoms with Crippen LogP contribution in [0.25, 0.3) is 0 Å². The van der Waals surface area contributed by atoms with Gasteiger partial charge in [0.2, 0.25) is 0 Å². The predicted molar refractivity (Wildman–Crippen MR) is 46.9 cm³/mol. The molecule has 1 saturated carbocycles. The minimum absolute atomic E-state index is 0.0331. The molecule has 0 amide bonds. The highest BCUT2D eigenvalue weighted by Gasteiger charge is 2.30. The molecule has 1 aliphatic heterocycles. The molecule has 70 valence electrons. The Labute approximate surface area is 73.9 Å². The second kappa shape index (κ2) is 3.75. The molecule has 1 saturated heterocycles. The zero-order valence-corrected chi connectivity index (χ0v) is 7.54. The van der Waals surface area contributed by atoms with Gasteiger partial charge in [-0.05, 0) is 44.4 Å². The topological polar surface area (TPSA) is 29.5 Å². The van der Waals surface area contributed by atoms with Crippen LogP contribution in [-0.2, 0) is 4.74 Å². The Balaban J connectivity index is 1.60. The monoisotopic (exact) mass is 170 g/mol. The Morgan fingerprint density at radius 1 is 1.33 bits per heavy atom. The van der Waals surface area contributed by atoms with Crippen molar-refractivity contribution in [2.75, 3.05) is 6.61 Å². The maximum Gasteiger partial charge on any atom is 0.0577 e. The smallest absolute Gasteiger partial charge is 0.0577 e. The highest BCUT2D eigenvalue weighted by atomic mass is 16.5. The van der Waals surface area contributed by atoms with E-state index >= 15 is 0 Å². The average molecular weight is 170 g/mol. The van der Waals surface area contributed by atoms with Crippen LogP contribution in [0.15, 0.2) is 0 Å². The summed E-state index contributed by atoms with van der Waals surface area (Å²) in [5.74, 6) is 0.631. The molecule has 0 aromatic carbocycles. The van der Waals surface area contributed by atoms with Crippen LogP contribution in [0.4, 0.5) is 0 Å². The van der Waals surface area contributed by atoms with Crippen molar-refractivity contribution in [1.82, 2.24) is 0 Å². The van der Waals surface area contributed by atoms with E-state index in [1.807, 2.05) is 0 Å². The number of ether oxygens (including phenoxy) is 1. The van der Waals surface area contributed by atoms with Crippen LogP contribution in [0.5, 0.6) is 0 Å². The van der Waals surface area contributed by atoms with Crippen molar-refractivity contribution < 1.29 is 9.84 Å². The van der Waals surface area contributed by atoms with Crippen molar-refractivity contribution in [1.29, 1.82) is 0 Å². The van der Waals surface area contributed by atoms with E-state index in [9.17, 15) is 5.11 Å². The molecule has 2 atom stereocenters. The number of hydrogen-bond acceptors (Lipinski definition) is 2. The fraction of sp³-hybridized carbons (Fsp3) is 1.00. The zero-order chi connectivity index (χ0) is 8.39. The summed E-state index contributed by atoms with van der Waals surface area (Å²) >= 11 is 0. The molecule has 2 rings (SSSR count). The van der Waals surface area contributed by atoms with E-state index in [1.54, 1.807) is 0 Å². The first kappa shape index (κ1) is 8.52. The third kappa shape index (κ3) is 2.20. The molecule has 1 N–H and O–H groups in total. The SMILES string of the molecule is OC(CCC1CCCO1)C1CC1. The summed E-state index contributed by atoms with van der Waals surface area (Å²) in [6, 6.07) is 0. The second-order valence-electron chi connectivity index (χ2n) is 4.12. The van der Waals surface area contributed by atoms with Crippen molar-refractivity contribution in [2.45, 2.75) is 50.7 Å². The van der Waals surface area contributed by atoms with E-state index < -0.39 is 0 Å². The van der Waals surface area contributed by atoms with E-state index in [2.05, 4.69) is 0 Å². The predicted octanol–water partition coefficient (Wildman–Crippen LogP) is 1.72. The Kier molecular flexibility index (Phi) is 2.66. The summed E-state index contributed by atoms with van der Waals surface area (Å²) in [5.41, 5.74) is 0. The molecule has 2 unspecified atom stereocenters. The van der Waals surface area contributed by atoms with Gasteiger partial charge in [-0.15, -0.1) is 0 Å². The van der Waals surface area contributed by atoms with Gasteiger partial charge in [0.05, 0.1) is 12.2 Å². The number of hydrogen-bond donors (Lipinski definition) is 1. The van der Waals surface area contributed by atoms with E-state index in [0.717, 1.165) is 19.4 Å². The zero-order valence-electron chi connectivity index (χ0n) is 7.54. The summed E-state index contributed by atoms with van der Waals surface area (Å²) in [6.45, 7) is 0.935. The largest absolute Gasteiger partial charge is 0.393 e. The molecule has 0 radical (unpaired) electrons. The van der Waals surface area contributed by atoms with Gasteiger partial charge < -0.3 is 9.84 Å². The lowest BCUT2D eigenvalue weighted by Crippen LogP contribution is -2.14. The van der Waals surface area contributed by atoms with Crippen LogP contribution in [0.1, 0.15) is 38.5 Å². The molecular weight excluding hydrogens is 152 g/mol. The normalized spacial score (nSPS) is 32.2. The third-order valence-electron chi connectivity index (χ3n) is 2.97. The molecule has 2 aliphatic rings. The molecule has 1 heterocycles. The van der Waals surface area contributed by atoms with Crippen molar-refractivity contribution in [3.63, 3.8) is 0 Å². The van der Waals surface area contributed by atoms with Crippen LogP contribution in [-0.4, -0.2) is 23.9 Å². The molecule has 2 fully saturated rings. The number of rotatable bonds is 4. The van der Waals surface area contributed by atoms with Crippen LogP contribution in [0, 0.1) is 5.92 Å². The summed E-state index contributed by atoms with van der Waals surface area (Å²) in [7, 11) is 0. The highest BCUT2D eigenvalue weighted by Crippen LogP contribution is 2.35. The van der Waals surface area contributed by atoms with Gasteiger partial charge in [0, 0.05) is 6.61 Å². The van der Waals surface area contributed by atoms with Gasteiger partial charge in [-0.1, -0.05) is 0 Å². The van der Waals surface area contributed by atoms with Crippen molar-refractivity contribution in [2.24, 2.45) is 5.92 Å². The van der Waals surface area contributed by atoms with E-state index in [-0.39, 0.29) is 6.10 Å². The Morgan fingerprint density at radius 3 is 2.75 bits per heavy atom. The van der Waals surface area contributed by atoms with E-state index in [4.69, 9.17) is 4.74 Å². The lowest BCUT2D eigenvalue weighted by Gasteiger charge is -2.12. The molecule has 2 heteroatoms. The van der Waals surface area contributed by atoms with Gasteiger partial charge in [-0.25, -0.2) is 0 Å². The molecule has 1 aliphatic carbocycles. The lowest BCUT2D eigenvalue weighted by molar-refractivity contribution is 0.0751. The van der Waals surface area contributed by atoms with Gasteiger partial charge in [0.1, 0.15) is 0 Å². The second-order valence-corrected chi connectivity index (χ2v) is 4.12. The lowest BCUT2D eigenvalue weighted by atomic mass is 10.1. The van der Waals surface area contributed by atoms with Crippen LogP contribution < -0.4 is 0 Å². The third-order valence-corrected chi connectivity index (χ3v) is 2.97. The van der Waals surface area contributed by atoms with Gasteiger partial charge in [-0.2, -0.15) is 0 Å². The van der Waals surface area contributed by atoms with E-state index in [0.29, 0.717) is 12.0 Å². The van der Waals surface area contributed by atoms with Crippen LogP contribution >= 0.6 is 0 Å². The van der Waals surface area contributed by atoms with Gasteiger partial charge >= 0.3 is 0 Å². The summed E-state index contributed by atoms with van der Waals surface area (Å²) in [5, 5.41) is 9.59. The van der Waals surface area contributed by atoms with Crippen molar-refractivity contribution in [3.05, 3.63) is 0 Å². The fourth-order valence-corrected chi connectivity index (χ4v) is 1.95. The first-order valence-corrected chi connectivity index (χ1v) is 5.16.